The van der Waals surface area contributed by atoms with Gasteiger partial charge in [-0.05, 0) is 25.7 Å². The first-order chi connectivity index (χ1) is 11.9. The molecule has 2 aliphatic heterocycles. The fourth-order valence-electron chi connectivity index (χ4n) is 5.62. The van der Waals surface area contributed by atoms with Crippen molar-refractivity contribution in [1.82, 2.24) is 15.5 Å². The molecule has 4 fully saturated rings. The third-order valence-corrected chi connectivity index (χ3v) is 6.58. The van der Waals surface area contributed by atoms with Crippen molar-refractivity contribution in [3.8, 4) is 0 Å². The van der Waals surface area contributed by atoms with E-state index in [4.69, 9.17) is 4.74 Å². The molecule has 2 aliphatic carbocycles. The summed E-state index contributed by atoms with van der Waals surface area (Å²) >= 11 is 0. The number of nitrogens with zero attached hydrogens (tertiary/aromatic N) is 1. The molecule has 25 heavy (non-hydrogen) atoms. The first-order valence-electron chi connectivity index (χ1n) is 9.35. The van der Waals surface area contributed by atoms with Gasteiger partial charge in [-0.15, -0.1) is 0 Å². The van der Waals surface area contributed by atoms with E-state index in [2.05, 4.69) is 10.6 Å². The van der Waals surface area contributed by atoms with E-state index in [-0.39, 0.29) is 36.2 Å². The highest BCUT2D eigenvalue weighted by atomic mass is 19.4. The van der Waals surface area contributed by atoms with Gasteiger partial charge >= 0.3 is 12.2 Å². The summed E-state index contributed by atoms with van der Waals surface area (Å²) in [5, 5.41) is 6.02. The van der Waals surface area contributed by atoms with Crippen LogP contribution in [0.1, 0.15) is 38.5 Å². The fraction of sp³-hybridized carbons (Fsp3) is 0.941. The SMILES string of the molecule is O=C(N[C@@H]1CCN(CC(F)(F)F)C1)N[C@@H]1[C@H]2CCO[C@@H]2C12CCCC2. The number of nitrogens with one attached hydrogen (secondary N) is 2. The van der Waals surface area contributed by atoms with E-state index >= 15 is 0 Å². The maximum absolute atomic E-state index is 12.5. The van der Waals surface area contributed by atoms with E-state index in [9.17, 15) is 18.0 Å². The maximum atomic E-state index is 12.5. The van der Waals surface area contributed by atoms with Gasteiger partial charge in [0.05, 0.1) is 12.6 Å². The van der Waals surface area contributed by atoms with Gasteiger partial charge in [-0.2, -0.15) is 13.2 Å². The first-order valence-corrected chi connectivity index (χ1v) is 9.35. The van der Waals surface area contributed by atoms with Crippen LogP contribution in [0.15, 0.2) is 0 Å². The molecule has 4 atom stereocenters. The van der Waals surface area contributed by atoms with Crippen molar-refractivity contribution >= 4 is 6.03 Å². The molecule has 2 saturated carbocycles. The molecule has 0 aromatic carbocycles. The first kappa shape index (κ1) is 17.4. The molecular weight excluding hydrogens is 335 g/mol. The van der Waals surface area contributed by atoms with Gasteiger partial charge in [0.1, 0.15) is 0 Å². The largest absolute Gasteiger partial charge is 0.401 e. The summed E-state index contributed by atoms with van der Waals surface area (Å²) < 4.78 is 43.3. The van der Waals surface area contributed by atoms with Crippen molar-refractivity contribution in [2.24, 2.45) is 11.3 Å². The Morgan fingerprint density at radius 2 is 1.96 bits per heavy atom. The van der Waals surface area contributed by atoms with Crippen molar-refractivity contribution in [2.75, 3.05) is 26.2 Å². The molecule has 8 heteroatoms. The maximum Gasteiger partial charge on any atom is 0.401 e. The summed E-state index contributed by atoms with van der Waals surface area (Å²) in [5.74, 6) is 0.397. The Bertz CT molecular complexity index is 522. The number of fused-ring (bicyclic) bond motifs is 2. The van der Waals surface area contributed by atoms with Crippen LogP contribution in [0.25, 0.3) is 0 Å². The number of urea groups is 1. The van der Waals surface area contributed by atoms with Crippen molar-refractivity contribution in [3.05, 3.63) is 0 Å². The Kier molecular flexibility index (Phi) is 4.38. The molecule has 2 N–H and O–H groups in total. The lowest BCUT2D eigenvalue weighted by Gasteiger charge is -2.56. The van der Waals surface area contributed by atoms with Crippen molar-refractivity contribution in [2.45, 2.75) is 62.9 Å². The molecule has 0 aromatic rings. The van der Waals surface area contributed by atoms with Crippen LogP contribution < -0.4 is 10.6 Å². The second-order valence-electron chi connectivity index (χ2n) is 8.12. The summed E-state index contributed by atoms with van der Waals surface area (Å²) in [6.45, 7) is 0.500. The highest BCUT2D eigenvalue weighted by Crippen LogP contribution is 2.60. The Morgan fingerprint density at radius 3 is 2.68 bits per heavy atom. The molecule has 2 heterocycles. The van der Waals surface area contributed by atoms with Crippen LogP contribution in [0, 0.1) is 11.3 Å². The number of carbonyl (C=O) groups excluding carboxylic acids is 1. The van der Waals surface area contributed by atoms with Gasteiger partial charge in [0.2, 0.25) is 0 Å². The van der Waals surface area contributed by atoms with Crippen LogP contribution in [0.5, 0.6) is 0 Å². The van der Waals surface area contributed by atoms with Gasteiger partial charge in [0.15, 0.2) is 0 Å². The number of hydrogen-bond acceptors (Lipinski definition) is 3. The zero-order valence-electron chi connectivity index (χ0n) is 14.3. The molecule has 2 amide bonds. The summed E-state index contributed by atoms with van der Waals surface area (Å²) in [6, 6.07) is -0.298. The molecule has 4 aliphatic rings. The highest BCUT2D eigenvalue weighted by molar-refractivity contribution is 5.75. The minimum Gasteiger partial charge on any atom is -0.377 e. The molecule has 0 bridgehead atoms. The summed E-state index contributed by atoms with van der Waals surface area (Å²) in [4.78, 5) is 13.8. The lowest BCUT2D eigenvalue weighted by molar-refractivity contribution is -0.143. The van der Waals surface area contributed by atoms with Gasteiger partial charge in [-0.1, -0.05) is 12.8 Å². The van der Waals surface area contributed by atoms with E-state index in [1.807, 2.05) is 0 Å². The van der Waals surface area contributed by atoms with Crippen molar-refractivity contribution < 1.29 is 22.7 Å². The van der Waals surface area contributed by atoms with Gasteiger partial charge in [-0.3, -0.25) is 4.90 Å². The molecule has 142 valence electrons. The van der Waals surface area contributed by atoms with Crippen molar-refractivity contribution in [1.29, 1.82) is 0 Å². The van der Waals surface area contributed by atoms with Gasteiger partial charge in [-0.25, -0.2) is 4.79 Å². The predicted molar refractivity (Wildman–Crippen MR) is 85.1 cm³/mol. The van der Waals surface area contributed by atoms with Crippen LogP contribution in [-0.2, 0) is 4.74 Å². The number of ether oxygens (including phenoxy) is 1. The van der Waals surface area contributed by atoms with Gasteiger partial charge < -0.3 is 15.4 Å². The zero-order chi connectivity index (χ0) is 17.7. The molecule has 0 radical (unpaired) electrons. The third kappa shape index (κ3) is 3.23. The van der Waals surface area contributed by atoms with Crippen LogP contribution in [0.2, 0.25) is 0 Å². The van der Waals surface area contributed by atoms with Crippen LogP contribution in [-0.4, -0.2) is 61.5 Å². The van der Waals surface area contributed by atoms with E-state index in [0.29, 0.717) is 18.9 Å². The average Bonchev–Trinajstić information content (AvgIpc) is 3.23. The third-order valence-electron chi connectivity index (χ3n) is 6.58. The normalized spacial score (nSPS) is 37.1. The van der Waals surface area contributed by atoms with Crippen LogP contribution in [0.3, 0.4) is 0 Å². The van der Waals surface area contributed by atoms with Gasteiger partial charge in [0.25, 0.3) is 0 Å². The number of likely N-dealkylation sites (tertiary alicyclic amines) is 1. The average molecular weight is 361 g/mol. The monoisotopic (exact) mass is 361 g/mol. The van der Waals surface area contributed by atoms with E-state index in [1.165, 1.54) is 17.7 Å². The zero-order valence-corrected chi connectivity index (χ0v) is 14.3. The Hall–Kier alpha value is -1.02. The smallest absolute Gasteiger partial charge is 0.377 e. The second-order valence-corrected chi connectivity index (χ2v) is 8.12. The number of amides is 2. The molecule has 2 saturated heterocycles. The topological polar surface area (TPSA) is 53.6 Å². The molecule has 0 unspecified atom stereocenters. The van der Waals surface area contributed by atoms with E-state index in [0.717, 1.165) is 25.9 Å². The van der Waals surface area contributed by atoms with Crippen LogP contribution >= 0.6 is 0 Å². The molecular formula is C17H26F3N3O2. The standard InChI is InChI=1S/C17H26F3N3O2/c18-17(19,20)10-23-7-3-11(9-23)21-15(24)22-13-12-4-8-25-14(12)16(13)5-1-2-6-16/h11-14H,1-10H2,(H2,21,22,24)/t11-,12-,13-,14+/m1/s1. The highest BCUT2D eigenvalue weighted by Gasteiger charge is 2.65. The minimum absolute atomic E-state index is 0.0938. The minimum atomic E-state index is -4.19. The molecule has 0 aromatic heterocycles. The van der Waals surface area contributed by atoms with Crippen molar-refractivity contribution in [3.63, 3.8) is 0 Å². The van der Waals surface area contributed by atoms with Crippen LogP contribution in [0.4, 0.5) is 18.0 Å². The lowest BCUT2D eigenvalue weighted by Crippen LogP contribution is -2.69. The molecule has 4 rings (SSSR count). The van der Waals surface area contributed by atoms with E-state index in [1.54, 1.807) is 0 Å². The quantitative estimate of drug-likeness (QED) is 0.811. The summed E-state index contributed by atoms with van der Waals surface area (Å²) in [5.41, 5.74) is 0.0938. The second kappa shape index (κ2) is 6.30. The Labute approximate surface area is 145 Å². The number of carbonyl (C=O) groups is 1. The number of hydrogen-bond donors (Lipinski definition) is 2. The molecule has 5 nitrogen and oxygen atoms in total. The van der Waals surface area contributed by atoms with Gasteiger partial charge in [0, 0.05) is 43.1 Å². The number of halogens is 3. The summed E-state index contributed by atoms with van der Waals surface area (Å²) in [7, 11) is 0. The fourth-order valence-corrected chi connectivity index (χ4v) is 5.62. The number of rotatable bonds is 3. The lowest BCUT2D eigenvalue weighted by atomic mass is 9.54. The predicted octanol–water partition coefficient (Wildman–Crippen LogP) is 2.27. The Balaban J connectivity index is 1.29. The van der Waals surface area contributed by atoms with E-state index < -0.39 is 12.7 Å². The summed E-state index contributed by atoms with van der Waals surface area (Å²) in [6.07, 6.45) is 2.21. The Morgan fingerprint density at radius 1 is 1.20 bits per heavy atom. The molecule has 1 spiro atoms. The number of alkyl halides is 3.